The Kier molecular flexibility index (Phi) is 6.72. The van der Waals surface area contributed by atoms with Gasteiger partial charge in [-0.2, -0.15) is 0 Å². The molecular weight excluding hydrogens is 349 g/mol. The van der Waals surface area contributed by atoms with Crippen LogP contribution in [0, 0.1) is 5.82 Å². The Morgan fingerprint density at radius 1 is 1.14 bits per heavy atom. The SMILES string of the molecule is C=CCc1ccc2nc(-c3ccc(C=CCCCC(C)O)cc3F)ccc2c1. The van der Waals surface area contributed by atoms with Crippen LogP contribution >= 0.6 is 0 Å². The number of unbranched alkanes of at least 4 members (excludes halogenated alkanes) is 1. The normalized spacial score (nSPS) is 12.5. The molecule has 0 bridgehead atoms. The number of allylic oxidation sites excluding steroid dienone is 2. The van der Waals surface area contributed by atoms with E-state index < -0.39 is 0 Å². The highest BCUT2D eigenvalue weighted by Crippen LogP contribution is 2.25. The predicted molar refractivity (Wildman–Crippen MR) is 116 cm³/mol. The summed E-state index contributed by atoms with van der Waals surface area (Å²) in [6.45, 7) is 5.56. The Morgan fingerprint density at radius 2 is 2.00 bits per heavy atom. The number of aromatic nitrogens is 1. The number of hydrogen-bond acceptors (Lipinski definition) is 2. The number of pyridine rings is 1. The summed E-state index contributed by atoms with van der Waals surface area (Å²) in [5.74, 6) is -0.277. The van der Waals surface area contributed by atoms with Gasteiger partial charge in [-0.25, -0.2) is 9.37 Å². The molecule has 0 saturated heterocycles. The lowest BCUT2D eigenvalue weighted by atomic mass is 10.0. The number of aliphatic hydroxyl groups is 1. The third kappa shape index (κ3) is 5.14. The Morgan fingerprint density at radius 3 is 2.75 bits per heavy atom. The van der Waals surface area contributed by atoms with Gasteiger partial charge in [-0.05, 0) is 74.1 Å². The first-order valence-electron chi connectivity index (χ1n) is 9.72. The molecule has 3 aromatic rings. The molecule has 28 heavy (non-hydrogen) atoms. The van der Waals surface area contributed by atoms with Crippen LogP contribution in [-0.2, 0) is 6.42 Å². The largest absolute Gasteiger partial charge is 0.393 e. The van der Waals surface area contributed by atoms with E-state index in [0.29, 0.717) is 11.3 Å². The average molecular weight is 375 g/mol. The minimum absolute atomic E-state index is 0.270. The second kappa shape index (κ2) is 9.43. The number of hydrogen-bond donors (Lipinski definition) is 1. The van der Waals surface area contributed by atoms with E-state index in [1.165, 1.54) is 5.56 Å². The molecule has 1 N–H and O–H groups in total. The summed E-state index contributed by atoms with van der Waals surface area (Å²) in [6, 6.07) is 15.2. The summed E-state index contributed by atoms with van der Waals surface area (Å²) in [6.07, 6.45) is 8.93. The van der Waals surface area contributed by atoms with Crippen LogP contribution in [0.1, 0.15) is 37.3 Å². The lowest BCUT2D eigenvalue weighted by molar-refractivity contribution is 0.182. The summed E-state index contributed by atoms with van der Waals surface area (Å²) in [4.78, 5) is 4.63. The van der Waals surface area contributed by atoms with Crippen molar-refractivity contribution in [2.45, 2.75) is 38.7 Å². The van der Waals surface area contributed by atoms with Gasteiger partial charge in [0.25, 0.3) is 0 Å². The topological polar surface area (TPSA) is 33.1 Å². The van der Waals surface area contributed by atoms with Crippen molar-refractivity contribution in [1.82, 2.24) is 4.98 Å². The zero-order valence-corrected chi connectivity index (χ0v) is 16.2. The predicted octanol–water partition coefficient (Wildman–Crippen LogP) is 6.33. The summed E-state index contributed by atoms with van der Waals surface area (Å²) in [7, 11) is 0. The van der Waals surface area contributed by atoms with Gasteiger partial charge in [0.1, 0.15) is 5.82 Å². The molecule has 0 aliphatic rings. The van der Waals surface area contributed by atoms with Gasteiger partial charge in [-0.3, -0.25) is 0 Å². The van der Waals surface area contributed by atoms with Crippen LogP contribution in [0.4, 0.5) is 4.39 Å². The quantitative estimate of drug-likeness (QED) is 0.368. The maximum absolute atomic E-state index is 14.7. The highest BCUT2D eigenvalue weighted by molar-refractivity contribution is 5.82. The van der Waals surface area contributed by atoms with E-state index in [4.69, 9.17) is 0 Å². The molecule has 0 saturated carbocycles. The first kappa shape index (κ1) is 20.0. The monoisotopic (exact) mass is 375 g/mol. The maximum Gasteiger partial charge on any atom is 0.133 e. The van der Waals surface area contributed by atoms with E-state index in [2.05, 4.69) is 17.6 Å². The van der Waals surface area contributed by atoms with Gasteiger partial charge in [-0.1, -0.05) is 36.4 Å². The average Bonchev–Trinajstić information content (AvgIpc) is 2.67. The minimum atomic E-state index is -0.277. The van der Waals surface area contributed by atoms with Crippen LogP contribution in [0.15, 0.2) is 67.3 Å². The number of aliphatic hydroxyl groups excluding tert-OH is 1. The molecule has 2 nitrogen and oxygen atoms in total. The fourth-order valence-corrected chi connectivity index (χ4v) is 3.21. The second-order valence-corrected chi connectivity index (χ2v) is 7.14. The van der Waals surface area contributed by atoms with Crippen molar-refractivity contribution < 1.29 is 9.50 Å². The standard InChI is InChI=1S/C25H26FNO/c1-3-7-19-11-14-24-21(16-19)12-15-25(27-24)22-13-10-20(17-23(22)26)9-6-4-5-8-18(2)28/h3,6,9-18,28H,1,4-5,7-8H2,2H3. The minimum Gasteiger partial charge on any atom is -0.393 e. The van der Waals surface area contributed by atoms with Gasteiger partial charge in [0.05, 0.1) is 17.3 Å². The van der Waals surface area contributed by atoms with Crippen molar-refractivity contribution in [1.29, 1.82) is 0 Å². The van der Waals surface area contributed by atoms with Crippen molar-refractivity contribution in [3.8, 4) is 11.3 Å². The summed E-state index contributed by atoms with van der Waals surface area (Å²) in [5.41, 5.74) is 4.00. The molecule has 0 aliphatic carbocycles. The van der Waals surface area contributed by atoms with Crippen LogP contribution in [0.2, 0.25) is 0 Å². The molecule has 1 aromatic heterocycles. The van der Waals surface area contributed by atoms with E-state index in [1.807, 2.05) is 48.6 Å². The highest BCUT2D eigenvalue weighted by atomic mass is 19.1. The van der Waals surface area contributed by atoms with E-state index in [0.717, 1.165) is 42.1 Å². The number of fused-ring (bicyclic) bond motifs is 1. The second-order valence-electron chi connectivity index (χ2n) is 7.14. The Hall–Kier alpha value is -2.78. The van der Waals surface area contributed by atoms with E-state index in [1.54, 1.807) is 19.1 Å². The van der Waals surface area contributed by atoms with Gasteiger partial charge in [0.2, 0.25) is 0 Å². The number of benzene rings is 2. The fourth-order valence-electron chi connectivity index (χ4n) is 3.21. The molecule has 0 amide bonds. The molecule has 0 spiro atoms. The highest BCUT2D eigenvalue weighted by Gasteiger charge is 2.08. The van der Waals surface area contributed by atoms with Crippen molar-refractivity contribution >= 4 is 17.0 Å². The van der Waals surface area contributed by atoms with Gasteiger partial charge in [-0.15, -0.1) is 6.58 Å². The van der Waals surface area contributed by atoms with E-state index in [-0.39, 0.29) is 11.9 Å². The molecule has 0 radical (unpaired) electrons. The molecule has 144 valence electrons. The maximum atomic E-state index is 14.7. The van der Waals surface area contributed by atoms with Crippen molar-refractivity contribution in [3.63, 3.8) is 0 Å². The Balaban J connectivity index is 1.77. The molecule has 2 aromatic carbocycles. The van der Waals surface area contributed by atoms with E-state index >= 15 is 0 Å². The number of nitrogens with zero attached hydrogens (tertiary/aromatic N) is 1. The lowest BCUT2D eigenvalue weighted by Gasteiger charge is -2.07. The third-order valence-electron chi connectivity index (χ3n) is 4.71. The van der Waals surface area contributed by atoms with E-state index in [9.17, 15) is 9.50 Å². The van der Waals surface area contributed by atoms with Crippen LogP contribution in [0.3, 0.4) is 0 Å². The number of rotatable bonds is 8. The Labute approximate surface area is 166 Å². The lowest BCUT2D eigenvalue weighted by Crippen LogP contribution is -1.97. The van der Waals surface area contributed by atoms with Crippen LogP contribution in [-0.4, -0.2) is 16.2 Å². The summed E-state index contributed by atoms with van der Waals surface area (Å²) >= 11 is 0. The molecule has 1 atom stereocenters. The first-order chi connectivity index (χ1) is 13.6. The molecule has 0 aliphatic heterocycles. The van der Waals surface area contributed by atoms with Crippen molar-refractivity contribution in [2.24, 2.45) is 0 Å². The van der Waals surface area contributed by atoms with Gasteiger partial charge < -0.3 is 5.11 Å². The molecule has 1 unspecified atom stereocenters. The summed E-state index contributed by atoms with van der Waals surface area (Å²) < 4.78 is 14.7. The summed E-state index contributed by atoms with van der Waals surface area (Å²) in [5, 5.41) is 10.3. The molecule has 3 rings (SSSR count). The van der Waals surface area contributed by atoms with Crippen LogP contribution in [0.25, 0.3) is 28.2 Å². The third-order valence-corrected chi connectivity index (χ3v) is 4.71. The van der Waals surface area contributed by atoms with Gasteiger partial charge in [0.15, 0.2) is 0 Å². The van der Waals surface area contributed by atoms with Crippen molar-refractivity contribution in [3.05, 3.63) is 84.2 Å². The van der Waals surface area contributed by atoms with Crippen LogP contribution < -0.4 is 0 Å². The fraction of sp³-hybridized carbons (Fsp3) is 0.240. The van der Waals surface area contributed by atoms with Crippen LogP contribution in [0.5, 0.6) is 0 Å². The Bertz CT molecular complexity index is 991. The van der Waals surface area contributed by atoms with Gasteiger partial charge in [0, 0.05) is 10.9 Å². The smallest absolute Gasteiger partial charge is 0.133 e. The zero-order valence-electron chi connectivity index (χ0n) is 16.2. The zero-order chi connectivity index (χ0) is 19.9. The number of halogens is 1. The first-order valence-corrected chi connectivity index (χ1v) is 9.72. The molecule has 3 heteroatoms. The van der Waals surface area contributed by atoms with Crippen molar-refractivity contribution in [2.75, 3.05) is 0 Å². The molecular formula is C25H26FNO. The van der Waals surface area contributed by atoms with Gasteiger partial charge >= 0.3 is 0 Å². The molecule has 0 fully saturated rings. The molecule has 1 heterocycles.